The first-order chi connectivity index (χ1) is 15.3. The van der Waals surface area contributed by atoms with Gasteiger partial charge in [0.1, 0.15) is 6.61 Å². The van der Waals surface area contributed by atoms with E-state index in [2.05, 4.69) is 21.2 Å². The molecule has 0 bridgehead atoms. The quantitative estimate of drug-likeness (QED) is 0.433. The highest BCUT2D eigenvalue weighted by atomic mass is 79.9. The summed E-state index contributed by atoms with van der Waals surface area (Å²) in [5.41, 5.74) is 2.19. The molecule has 0 aliphatic heterocycles. The van der Waals surface area contributed by atoms with Crippen molar-refractivity contribution in [2.24, 2.45) is 5.14 Å². The van der Waals surface area contributed by atoms with Crippen molar-refractivity contribution >= 4 is 43.6 Å². The molecule has 166 valence electrons. The van der Waals surface area contributed by atoms with Gasteiger partial charge in [-0.15, -0.1) is 0 Å². The van der Waals surface area contributed by atoms with Crippen LogP contribution in [0, 0.1) is 0 Å². The van der Waals surface area contributed by atoms with Crippen molar-refractivity contribution in [1.82, 2.24) is 0 Å². The SMILES string of the molecule is COc1cc(/C=C/C(=O)Nc2ccc(S(N)(=O)=O)cc2)cc(Br)c1OCc1ccccc1. The molecule has 0 radical (unpaired) electrons. The van der Waals surface area contributed by atoms with E-state index in [1.165, 1.54) is 30.3 Å². The van der Waals surface area contributed by atoms with E-state index in [4.69, 9.17) is 14.6 Å². The predicted molar refractivity (Wildman–Crippen MR) is 127 cm³/mol. The largest absolute Gasteiger partial charge is 0.493 e. The summed E-state index contributed by atoms with van der Waals surface area (Å²) in [5, 5.41) is 7.72. The minimum Gasteiger partial charge on any atom is -0.493 e. The minimum absolute atomic E-state index is 0.0300. The van der Waals surface area contributed by atoms with Gasteiger partial charge in [0.05, 0.1) is 16.5 Å². The summed E-state index contributed by atoms with van der Waals surface area (Å²) >= 11 is 3.50. The number of rotatable bonds is 8. The van der Waals surface area contributed by atoms with Gasteiger partial charge in [0.2, 0.25) is 15.9 Å². The molecule has 3 aromatic rings. The van der Waals surface area contributed by atoms with E-state index in [1.54, 1.807) is 19.3 Å². The van der Waals surface area contributed by atoms with Gasteiger partial charge in [-0.1, -0.05) is 30.3 Å². The Kier molecular flexibility index (Phi) is 7.68. The van der Waals surface area contributed by atoms with Crippen molar-refractivity contribution in [1.29, 1.82) is 0 Å². The summed E-state index contributed by atoms with van der Waals surface area (Å²) in [5.74, 6) is 0.703. The zero-order valence-electron chi connectivity index (χ0n) is 17.1. The number of carbonyl (C=O) groups is 1. The second kappa shape index (κ2) is 10.4. The highest BCUT2D eigenvalue weighted by Gasteiger charge is 2.12. The number of methoxy groups -OCH3 is 1. The molecule has 3 aromatic carbocycles. The van der Waals surface area contributed by atoms with Crippen LogP contribution >= 0.6 is 15.9 Å². The predicted octanol–water partition coefficient (Wildman–Crippen LogP) is 4.34. The number of carbonyl (C=O) groups excluding carboxylic acids is 1. The molecule has 7 nitrogen and oxygen atoms in total. The molecule has 0 aliphatic rings. The number of benzene rings is 3. The molecule has 9 heteroatoms. The van der Waals surface area contributed by atoms with Crippen LogP contribution in [0.5, 0.6) is 11.5 Å². The van der Waals surface area contributed by atoms with Crippen LogP contribution in [0.4, 0.5) is 5.69 Å². The van der Waals surface area contributed by atoms with Crippen molar-refractivity contribution in [2.45, 2.75) is 11.5 Å². The van der Waals surface area contributed by atoms with E-state index >= 15 is 0 Å². The number of sulfonamides is 1. The van der Waals surface area contributed by atoms with Crippen molar-refractivity contribution < 1.29 is 22.7 Å². The first-order valence-electron chi connectivity index (χ1n) is 9.42. The molecule has 3 rings (SSSR count). The van der Waals surface area contributed by atoms with Gasteiger partial charge in [-0.25, -0.2) is 13.6 Å². The van der Waals surface area contributed by atoms with Crippen molar-refractivity contribution in [3.8, 4) is 11.5 Å². The fourth-order valence-electron chi connectivity index (χ4n) is 2.79. The van der Waals surface area contributed by atoms with Crippen molar-refractivity contribution in [2.75, 3.05) is 12.4 Å². The number of nitrogens with one attached hydrogen (secondary N) is 1. The third kappa shape index (κ3) is 6.43. The standard InChI is InChI=1S/C23H21BrN2O5S/c1-30-21-14-17(13-20(24)23(21)31-15-16-5-3-2-4-6-16)7-12-22(27)26-18-8-10-19(11-9-18)32(25,28)29/h2-14H,15H2,1H3,(H,26,27)(H2,25,28,29)/b12-7+. The van der Waals surface area contributed by atoms with Gasteiger partial charge in [-0.3, -0.25) is 4.79 Å². The molecule has 0 saturated carbocycles. The molecule has 0 heterocycles. The first kappa shape index (κ1) is 23.5. The molecule has 0 aromatic heterocycles. The highest BCUT2D eigenvalue weighted by molar-refractivity contribution is 9.10. The van der Waals surface area contributed by atoms with Gasteiger partial charge in [-0.2, -0.15) is 0 Å². The number of hydrogen-bond donors (Lipinski definition) is 2. The van der Waals surface area contributed by atoms with E-state index < -0.39 is 10.0 Å². The molecule has 1 amide bonds. The number of amides is 1. The molecular formula is C23H21BrN2O5S. The lowest BCUT2D eigenvalue weighted by Crippen LogP contribution is -2.12. The molecule has 0 aliphatic carbocycles. The van der Waals surface area contributed by atoms with Crippen LogP contribution in [0.1, 0.15) is 11.1 Å². The summed E-state index contributed by atoms with van der Waals surface area (Å²) in [4.78, 5) is 12.2. The summed E-state index contributed by atoms with van der Waals surface area (Å²) in [7, 11) is -2.24. The third-order valence-electron chi connectivity index (χ3n) is 4.36. The number of anilines is 1. The van der Waals surface area contributed by atoms with E-state index in [0.717, 1.165) is 11.1 Å². The molecule has 32 heavy (non-hydrogen) atoms. The Hall–Kier alpha value is -3.14. The maximum atomic E-state index is 12.2. The van der Waals surface area contributed by atoms with Gasteiger partial charge in [0.15, 0.2) is 11.5 Å². The smallest absolute Gasteiger partial charge is 0.248 e. The summed E-state index contributed by atoms with van der Waals surface area (Å²) in [6.07, 6.45) is 2.99. The Morgan fingerprint density at radius 1 is 1.09 bits per heavy atom. The van der Waals surface area contributed by atoms with Crippen LogP contribution in [0.3, 0.4) is 0 Å². The molecule has 0 atom stereocenters. The third-order valence-corrected chi connectivity index (χ3v) is 5.87. The van der Waals surface area contributed by atoms with E-state index in [0.29, 0.717) is 28.3 Å². The zero-order chi connectivity index (χ0) is 23.1. The van der Waals surface area contributed by atoms with E-state index in [-0.39, 0.29) is 10.8 Å². The average molecular weight is 517 g/mol. The van der Waals surface area contributed by atoms with Crippen LogP contribution < -0.4 is 19.9 Å². The molecule has 3 N–H and O–H groups in total. The second-order valence-electron chi connectivity index (χ2n) is 6.70. The monoisotopic (exact) mass is 516 g/mol. The van der Waals surface area contributed by atoms with Gasteiger partial charge in [0.25, 0.3) is 0 Å². The van der Waals surface area contributed by atoms with Gasteiger partial charge in [0, 0.05) is 11.8 Å². The van der Waals surface area contributed by atoms with Crippen molar-refractivity contribution in [3.63, 3.8) is 0 Å². The summed E-state index contributed by atoms with van der Waals surface area (Å²) < 4.78 is 34.6. The van der Waals surface area contributed by atoms with Crippen molar-refractivity contribution in [3.05, 3.63) is 88.4 Å². The van der Waals surface area contributed by atoms with Gasteiger partial charge in [-0.05, 0) is 69.5 Å². The van der Waals surface area contributed by atoms with E-state index in [9.17, 15) is 13.2 Å². The normalized spacial score (nSPS) is 11.3. The number of nitrogens with two attached hydrogens (primary N) is 1. The Morgan fingerprint density at radius 2 is 1.78 bits per heavy atom. The summed E-state index contributed by atoms with van der Waals surface area (Å²) in [6.45, 7) is 0.387. The lowest BCUT2D eigenvalue weighted by molar-refractivity contribution is -0.111. The maximum Gasteiger partial charge on any atom is 0.248 e. The zero-order valence-corrected chi connectivity index (χ0v) is 19.5. The number of primary sulfonamides is 1. The first-order valence-corrected chi connectivity index (χ1v) is 11.8. The molecule has 0 spiro atoms. The van der Waals surface area contributed by atoms with Gasteiger partial charge < -0.3 is 14.8 Å². The lowest BCUT2D eigenvalue weighted by atomic mass is 10.2. The molecular weight excluding hydrogens is 496 g/mol. The minimum atomic E-state index is -3.78. The van der Waals surface area contributed by atoms with Crippen LogP contribution in [0.25, 0.3) is 6.08 Å². The second-order valence-corrected chi connectivity index (χ2v) is 9.12. The molecule has 0 fully saturated rings. The lowest BCUT2D eigenvalue weighted by Gasteiger charge is -2.13. The van der Waals surface area contributed by atoms with Crippen LogP contribution in [-0.2, 0) is 21.4 Å². The van der Waals surface area contributed by atoms with Crippen LogP contribution in [0.15, 0.2) is 82.2 Å². The number of ether oxygens (including phenoxy) is 2. The topological polar surface area (TPSA) is 108 Å². The Labute approximate surface area is 195 Å². The number of halogens is 1. The van der Waals surface area contributed by atoms with Crippen LogP contribution in [-0.4, -0.2) is 21.4 Å². The molecule has 0 saturated heterocycles. The summed E-state index contributed by atoms with van der Waals surface area (Å²) in [6, 6.07) is 18.9. The fourth-order valence-corrected chi connectivity index (χ4v) is 3.88. The Balaban J connectivity index is 1.68. The Bertz CT molecular complexity index is 1230. The highest BCUT2D eigenvalue weighted by Crippen LogP contribution is 2.37. The molecule has 0 unspecified atom stereocenters. The Morgan fingerprint density at radius 3 is 2.41 bits per heavy atom. The fraction of sp³-hybridized carbons (Fsp3) is 0.0870. The number of hydrogen-bond acceptors (Lipinski definition) is 5. The maximum absolute atomic E-state index is 12.2. The van der Waals surface area contributed by atoms with Gasteiger partial charge >= 0.3 is 0 Å². The van der Waals surface area contributed by atoms with Crippen LogP contribution in [0.2, 0.25) is 0 Å². The average Bonchev–Trinajstić information content (AvgIpc) is 2.77. The van der Waals surface area contributed by atoms with E-state index in [1.807, 2.05) is 36.4 Å².